The predicted octanol–water partition coefficient (Wildman–Crippen LogP) is 4.19. The van der Waals surface area contributed by atoms with Gasteiger partial charge in [0.25, 0.3) is 0 Å². The quantitative estimate of drug-likeness (QED) is 0.865. The molecule has 2 heteroatoms. The summed E-state index contributed by atoms with van der Waals surface area (Å²) in [5.41, 5.74) is 2.75. The van der Waals surface area contributed by atoms with Gasteiger partial charge in [0.1, 0.15) is 5.75 Å². The number of nitrogens with one attached hydrogen (secondary N) is 1. The van der Waals surface area contributed by atoms with E-state index in [2.05, 4.69) is 18.3 Å². The third-order valence-electron chi connectivity index (χ3n) is 5.23. The van der Waals surface area contributed by atoms with Gasteiger partial charge < -0.3 is 10.4 Å². The van der Waals surface area contributed by atoms with Crippen LogP contribution in [0.25, 0.3) is 0 Å². The fraction of sp³-hybridized carbons (Fsp3) is 0.667. The van der Waals surface area contributed by atoms with E-state index >= 15 is 0 Å². The average Bonchev–Trinajstić information content (AvgIpc) is 2.46. The molecule has 0 amide bonds. The molecule has 20 heavy (non-hydrogen) atoms. The van der Waals surface area contributed by atoms with E-state index in [1.54, 1.807) is 0 Å². The van der Waals surface area contributed by atoms with E-state index in [0.29, 0.717) is 11.8 Å². The first kappa shape index (κ1) is 13.9. The van der Waals surface area contributed by atoms with Crippen molar-refractivity contribution in [1.29, 1.82) is 0 Å². The van der Waals surface area contributed by atoms with Crippen molar-refractivity contribution in [2.24, 2.45) is 11.8 Å². The summed E-state index contributed by atoms with van der Waals surface area (Å²) in [6, 6.07) is 6.40. The fourth-order valence-corrected chi connectivity index (χ4v) is 3.85. The molecule has 1 aromatic carbocycles. The minimum atomic E-state index is 0.408. The van der Waals surface area contributed by atoms with E-state index in [-0.39, 0.29) is 0 Å². The van der Waals surface area contributed by atoms with Crippen LogP contribution in [0.5, 0.6) is 5.75 Å². The summed E-state index contributed by atoms with van der Waals surface area (Å²) < 4.78 is 0. The van der Waals surface area contributed by atoms with Crippen molar-refractivity contribution in [3.8, 4) is 5.75 Å². The van der Waals surface area contributed by atoms with Crippen LogP contribution in [0.3, 0.4) is 0 Å². The van der Waals surface area contributed by atoms with Crippen LogP contribution in [0.2, 0.25) is 0 Å². The zero-order valence-corrected chi connectivity index (χ0v) is 12.6. The molecule has 0 radical (unpaired) electrons. The molecule has 1 aromatic rings. The monoisotopic (exact) mass is 273 g/mol. The Bertz CT molecular complexity index is 449. The number of phenolic OH excluding ortho intramolecular Hbond substituents is 1. The Labute approximate surface area is 122 Å². The highest BCUT2D eigenvalue weighted by Crippen LogP contribution is 2.33. The highest BCUT2D eigenvalue weighted by Gasteiger charge is 2.23. The zero-order chi connectivity index (χ0) is 13.9. The Hall–Kier alpha value is -1.02. The van der Waals surface area contributed by atoms with Crippen molar-refractivity contribution in [2.45, 2.75) is 57.9 Å². The Kier molecular flexibility index (Phi) is 4.30. The topological polar surface area (TPSA) is 32.3 Å². The number of aromatic hydroxyl groups is 1. The summed E-state index contributed by atoms with van der Waals surface area (Å²) in [6.07, 6.45) is 9.18. The smallest absolute Gasteiger partial charge is 0.115 e. The first-order valence-corrected chi connectivity index (χ1v) is 8.27. The molecular weight excluding hydrogens is 246 g/mol. The SMILES string of the molecule is CC1CCC(CNC2CCCc3cc(O)ccc32)CC1. The van der Waals surface area contributed by atoms with Crippen molar-refractivity contribution < 1.29 is 5.11 Å². The Balaban J connectivity index is 1.59. The van der Waals surface area contributed by atoms with Crippen molar-refractivity contribution in [3.63, 3.8) is 0 Å². The Morgan fingerprint density at radius 3 is 2.75 bits per heavy atom. The van der Waals surface area contributed by atoms with Gasteiger partial charge in [-0.1, -0.05) is 25.8 Å². The van der Waals surface area contributed by atoms with Crippen molar-refractivity contribution in [3.05, 3.63) is 29.3 Å². The minimum absolute atomic E-state index is 0.408. The van der Waals surface area contributed by atoms with Crippen LogP contribution in [-0.2, 0) is 6.42 Å². The van der Waals surface area contributed by atoms with Gasteiger partial charge in [-0.2, -0.15) is 0 Å². The second-order valence-electron chi connectivity index (χ2n) is 6.86. The summed E-state index contributed by atoms with van der Waals surface area (Å²) in [5, 5.41) is 13.4. The highest BCUT2D eigenvalue weighted by atomic mass is 16.3. The van der Waals surface area contributed by atoms with Gasteiger partial charge in [0.05, 0.1) is 0 Å². The third-order valence-corrected chi connectivity index (χ3v) is 5.23. The van der Waals surface area contributed by atoms with Crippen LogP contribution in [0.4, 0.5) is 0 Å². The van der Waals surface area contributed by atoms with Crippen LogP contribution in [0, 0.1) is 11.8 Å². The molecule has 1 saturated carbocycles. The molecule has 0 saturated heterocycles. The van der Waals surface area contributed by atoms with Crippen LogP contribution < -0.4 is 5.32 Å². The van der Waals surface area contributed by atoms with E-state index in [1.165, 1.54) is 49.7 Å². The summed E-state index contributed by atoms with van der Waals surface area (Å²) in [7, 11) is 0. The fourth-order valence-electron chi connectivity index (χ4n) is 3.85. The molecule has 2 N–H and O–H groups in total. The van der Waals surface area contributed by atoms with E-state index in [9.17, 15) is 5.11 Å². The highest BCUT2D eigenvalue weighted by molar-refractivity contribution is 5.38. The van der Waals surface area contributed by atoms with E-state index in [1.807, 2.05) is 12.1 Å². The van der Waals surface area contributed by atoms with Crippen LogP contribution in [0.1, 0.15) is 62.6 Å². The summed E-state index contributed by atoms with van der Waals surface area (Å²) in [4.78, 5) is 0. The summed E-state index contributed by atoms with van der Waals surface area (Å²) in [6.45, 7) is 3.55. The number of hydrogen-bond acceptors (Lipinski definition) is 2. The first-order valence-electron chi connectivity index (χ1n) is 8.27. The lowest BCUT2D eigenvalue weighted by molar-refractivity contribution is 0.270. The van der Waals surface area contributed by atoms with Gasteiger partial charge in [-0.3, -0.25) is 0 Å². The molecule has 0 heterocycles. The normalized spacial score (nSPS) is 29.9. The van der Waals surface area contributed by atoms with Crippen molar-refractivity contribution in [1.82, 2.24) is 5.32 Å². The molecule has 0 bridgehead atoms. The summed E-state index contributed by atoms with van der Waals surface area (Å²) >= 11 is 0. The maximum absolute atomic E-state index is 9.61. The molecule has 2 aliphatic rings. The van der Waals surface area contributed by atoms with E-state index in [0.717, 1.165) is 24.8 Å². The van der Waals surface area contributed by atoms with Crippen LogP contribution in [0.15, 0.2) is 18.2 Å². The number of benzene rings is 1. The van der Waals surface area contributed by atoms with Gasteiger partial charge >= 0.3 is 0 Å². The van der Waals surface area contributed by atoms with Gasteiger partial charge in [0.15, 0.2) is 0 Å². The number of fused-ring (bicyclic) bond motifs is 1. The second kappa shape index (κ2) is 6.17. The lowest BCUT2D eigenvalue weighted by Crippen LogP contribution is -2.31. The van der Waals surface area contributed by atoms with Gasteiger partial charge in [0, 0.05) is 6.04 Å². The lowest BCUT2D eigenvalue weighted by atomic mass is 9.82. The second-order valence-corrected chi connectivity index (χ2v) is 6.86. The first-order chi connectivity index (χ1) is 9.72. The molecule has 0 spiro atoms. The summed E-state index contributed by atoms with van der Waals surface area (Å²) in [5.74, 6) is 2.21. The van der Waals surface area contributed by atoms with Crippen LogP contribution in [-0.4, -0.2) is 11.7 Å². The largest absolute Gasteiger partial charge is 0.508 e. The molecule has 1 fully saturated rings. The third kappa shape index (κ3) is 3.17. The molecule has 3 rings (SSSR count). The van der Waals surface area contributed by atoms with Gasteiger partial charge in [0.2, 0.25) is 0 Å². The molecular formula is C18H27NO. The van der Waals surface area contributed by atoms with Gasteiger partial charge in [-0.25, -0.2) is 0 Å². The van der Waals surface area contributed by atoms with E-state index < -0.39 is 0 Å². The predicted molar refractivity (Wildman–Crippen MR) is 82.9 cm³/mol. The Morgan fingerprint density at radius 2 is 1.95 bits per heavy atom. The lowest BCUT2D eigenvalue weighted by Gasteiger charge is -2.31. The zero-order valence-electron chi connectivity index (χ0n) is 12.6. The molecule has 110 valence electrons. The number of aryl methyl sites for hydroxylation is 1. The minimum Gasteiger partial charge on any atom is -0.508 e. The van der Waals surface area contributed by atoms with Gasteiger partial charge in [-0.15, -0.1) is 0 Å². The molecule has 2 aliphatic carbocycles. The van der Waals surface area contributed by atoms with Gasteiger partial charge in [-0.05, 0) is 73.7 Å². The van der Waals surface area contributed by atoms with Crippen molar-refractivity contribution in [2.75, 3.05) is 6.54 Å². The van der Waals surface area contributed by atoms with Crippen LogP contribution >= 0.6 is 0 Å². The molecule has 0 aromatic heterocycles. The molecule has 1 atom stereocenters. The Morgan fingerprint density at radius 1 is 1.15 bits per heavy atom. The number of hydrogen-bond donors (Lipinski definition) is 2. The average molecular weight is 273 g/mol. The molecule has 2 nitrogen and oxygen atoms in total. The van der Waals surface area contributed by atoms with Crippen molar-refractivity contribution >= 4 is 0 Å². The van der Waals surface area contributed by atoms with E-state index in [4.69, 9.17) is 0 Å². The molecule has 0 aliphatic heterocycles. The maximum atomic E-state index is 9.61. The maximum Gasteiger partial charge on any atom is 0.115 e. The number of rotatable bonds is 3. The molecule has 1 unspecified atom stereocenters. The standard InChI is InChI=1S/C18H27NO/c1-13-5-7-14(8-6-13)12-19-18-4-2-3-15-11-16(20)9-10-17(15)18/h9-11,13-14,18-20H,2-8,12H2,1H3. The number of phenols is 1.